The van der Waals surface area contributed by atoms with Crippen LogP contribution in [0.4, 0.5) is 0 Å². The van der Waals surface area contributed by atoms with E-state index in [0.717, 1.165) is 0 Å². The first kappa shape index (κ1) is 12.9. The molecule has 6 heteroatoms. The second-order valence-corrected chi connectivity index (χ2v) is 3.74. The van der Waals surface area contributed by atoms with Crippen molar-refractivity contribution in [2.24, 2.45) is 0 Å². The predicted octanol–water partition coefficient (Wildman–Crippen LogP) is 1.33. The monoisotopic (exact) mass is 263 g/mol. The lowest BCUT2D eigenvalue weighted by molar-refractivity contribution is 0.0599. The molecule has 0 atom stereocenters. The smallest absolute Gasteiger partial charge is 0.343 e. The fourth-order valence-electron chi connectivity index (χ4n) is 1.88. The molecule has 0 amide bonds. The molecule has 0 radical (unpaired) electrons. The molecule has 2 aromatic rings. The maximum Gasteiger partial charge on any atom is 0.343 e. The molecule has 0 fully saturated rings. The Balaban J connectivity index is 2.87. The number of hydrogen-bond donors (Lipinski definition) is 1. The summed E-state index contributed by atoms with van der Waals surface area (Å²) in [7, 11) is 4.16. The third-order valence-electron chi connectivity index (χ3n) is 2.81. The molecule has 0 unspecified atom stereocenters. The number of carbonyl (C=O) groups excluding carboxylic acids is 1. The van der Waals surface area contributed by atoms with Crippen molar-refractivity contribution in [3.8, 4) is 11.5 Å². The Morgan fingerprint density at radius 3 is 2.32 bits per heavy atom. The first-order valence-electron chi connectivity index (χ1n) is 5.48. The van der Waals surface area contributed by atoms with Gasteiger partial charge >= 0.3 is 5.97 Å². The molecule has 6 nitrogen and oxygen atoms in total. The number of H-pyrrole nitrogens is 1. The Labute approximate surface area is 108 Å². The number of methoxy groups -OCH3 is 3. The van der Waals surface area contributed by atoms with Crippen LogP contribution in [-0.2, 0) is 4.74 Å². The number of aromatic amines is 1. The highest BCUT2D eigenvalue weighted by molar-refractivity contribution is 5.97. The van der Waals surface area contributed by atoms with Gasteiger partial charge in [0, 0.05) is 6.20 Å². The van der Waals surface area contributed by atoms with Crippen molar-refractivity contribution in [3.05, 3.63) is 34.1 Å². The summed E-state index contributed by atoms with van der Waals surface area (Å²) in [5.41, 5.74) is -0.0718. The number of esters is 1. The van der Waals surface area contributed by atoms with E-state index in [2.05, 4.69) is 9.72 Å². The highest BCUT2D eigenvalue weighted by Crippen LogP contribution is 2.29. The van der Waals surface area contributed by atoms with Crippen molar-refractivity contribution < 1.29 is 19.0 Å². The number of nitrogens with one attached hydrogen (secondary N) is 1. The first-order chi connectivity index (χ1) is 9.13. The molecule has 19 heavy (non-hydrogen) atoms. The van der Waals surface area contributed by atoms with Crippen molar-refractivity contribution in [1.82, 2.24) is 4.98 Å². The molecule has 0 bridgehead atoms. The van der Waals surface area contributed by atoms with Gasteiger partial charge in [-0.1, -0.05) is 0 Å². The second kappa shape index (κ2) is 5.01. The molecule has 2 rings (SSSR count). The number of rotatable bonds is 3. The molecule has 1 aromatic heterocycles. The predicted molar refractivity (Wildman–Crippen MR) is 69.0 cm³/mol. The molecular formula is C13H13NO5. The largest absolute Gasteiger partial charge is 0.496 e. The van der Waals surface area contributed by atoms with Crippen molar-refractivity contribution in [3.63, 3.8) is 0 Å². The van der Waals surface area contributed by atoms with E-state index in [9.17, 15) is 9.59 Å². The summed E-state index contributed by atoms with van der Waals surface area (Å²) in [6.07, 6.45) is 1.30. The van der Waals surface area contributed by atoms with Gasteiger partial charge in [-0.05, 0) is 12.1 Å². The average Bonchev–Trinajstić information content (AvgIpc) is 2.45. The van der Waals surface area contributed by atoms with Crippen LogP contribution in [0.25, 0.3) is 10.9 Å². The van der Waals surface area contributed by atoms with Gasteiger partial charge < -0.3 is 19.2 Å². The quantitative estimate of drug-likeness (QED) is 0.845. The minimum atomic E-state index is -0.701. The Morgan fingerprint density at radius 2 is 1.74 bits per heavy atom. The van der Waals surface area contributed by atoms with E-state index in [1.165, 1.54) is 27.5 Å². The average molecular weight is 263 g/mol. The van der Waals surface area contributed by atoms with E-state index in [-0.39, 0.29) is 10.9 Å². The summed E-state index contributed by atoms with van der Waals surface area (Å²) < 4.78 is 14.9. The molecule has 1 N–H and O–H groups in total. The van der Waals surface area contributed by atoms with Gasteiger partial charge in [-0.3, -0.25) is 4.79 Å². The van der Waals surface area contributed by atoms with Crippen LogP contribution in [0.1, 0.15) is 10.4 Å². The van der Waals surface area contributed by atoms with Gasteiger partial charge in [-0.2, -0.15) is 0 Å². The van der Waals surface area contributed by atoms with Gasteiger partial charge in [0.2, 0.25) is 5.43 Å². The molecule has 0 aliphatic carbocycles. The molecule has 1 aromatic carbocycles. The minimum Gasteiger partial charge on any atom is -0.496 e. The van der Waals surface area contributed by atoms with Crippen molar-refractivity contribution in [2.45, 2.75) is 0 Å². The molecule has 0 saturated heterocycles. The summed E-state index contributed by atoms with van der Waals surface area (Å²) in [5, 5.41) is 0.254. The lowest BCUT2D eigenvalue weighted by atomic mass is 10.1. The highest BCUT2D eigenvalue weighted by atomic mass is 16.5. The molecular weight excluding hydrogens is 250 g/mol. The fraction of sp³-hybridized carbons (Fsp3) is 0.231. The Morgan fingerprint density at radius 1 is 1.11 bits per heavy atom. The van der Waals surface area contributed by atoms with E-state index < -0.39 is 11.4 Å². The number of fused-ring (bicyclic) bond motifs is 1. The number of aromatic nitrogens is 1. The zero-order valence-corrected chi connectivity index (χ0v) is 10.8. The maximum absolute atomic E-state index is 12.3. The van der Waals surface area contributed by atoms with Crippen LogP contribution < -0.4 is 14.9 Å². The summed E-state index contributed by atoms with van der Waals surface area (Å²) >= 11 is 0. The Kier molecular flexibility index (Phi) is 3.41. The van der Waals surface area contributed by atoms with E-state index >= 15 is 0 Å². The van der Waals surface area contributed by atoms with Crippen LogP contribution in [0.2, 0.25) is 0 Å². The van der Waals surface area contributed by atoms with Gasteiger partial charge in [-0.15, -0.1) is 0 Å². The van der Waals surface area contributed by atoms with Crippen LogP contribution in [-0.4, -0.2) is 32.3 Å². The maximum atomic E-state index is 12.3. The van der Waals surface area contributed by atoms with E-state index in [1.54, 1.807) is 12.1 Å². The fourth-order valence-corrected chi connectivity index (χ4v) is 1.88. The topological polar surface area (TPSA) is 77.6 Å². The molecule has 100 valence electrons. The third kappa shape index (κ3) is 2.01. The van der Waals surface area contributed by atoms with Gasteiger partial charge in [0.1, 0.15) is 17.1 Å². The van der Waals surface area contributed by atoms with Gasteiger partial charge in [0.05, 0.1) is 32.2 Å². The molecule has 1 heterocycles. The Hall–Kier alpha value is -2.50. The number of carbonyl (C=O) groups is 1. The second-order valence-electron chi connectivity index (χ2n) is 3.74. The Bertz CT molecular complexity index is 689. The molecule has 0 spiro atoms. The SMILES string of the molecule is COC(=O)c1c[nH]c2c(OC)ccc(OC)c2c1=O. The van der Waals surface area contributed by atoms with E-state index in [1.807, 2.05) is 0 Å². The van der Waals surface area contributed by atoms with Crippen LogP contribution >= 0.6 is 0 Å². The lowest BCUT2D eigenvalue weighted by Crippen LogP contribution is -2.17. The van der Waals surface area contributed by atoms with Crippen LogP contribution in [0, 0.1) is 0 Å². The summed E-state index contributed by atoms with van der Waals surface area (Å²) in [6.45, 7) is 0. The normalized spacial score (nSPS) is 10.3. The standard InChI is InChI=1S/C13H13NO5/c1-17-8-4-5-9(18-2)11-10(8)12(15)7(6-14-11)13(16)19-3/h4-6H,1-3H3,(H,14,15). The molecule has 0 aliphatic rings. The van der Waals surface area contributed by atoms with E-state index in [0.29, 0.717) is 17.0 Å². The zero-order valence-electron chi connectivity index (χ0n) is 10.8. The number of benzene rings is 1. The van der Waals surface area contributed by atoms with Gasteiger partial charge in [0.15, 0.2) is 0 Å². The van der Waals surface area contributed by atoms with E-state index in [4.69, 9.17) is 9.47 Å². The zero-order chi connectivity index (χ0) is 14.0. The van der Waals surface area contributed by atoms with Crippen molar-refractivity contribution in [1.29, 1.82) is 0 Å². The summed E-state index contributed by atoms with van der Waals surface area (Å²) in [5.74, 6) is 0.153. The van der Waals surface area contributed by atoms with Crippen LogP contribution in [0.15, 0.2) is 23.1 Å². The van der Waals surface area contributed by atoms with Crippen LogP contribution in [0.3, 0.4) is 0 Å². The minimum absolute atomic E-state index is 0.0819. The number of pyridine rings is 1. The molecule has 0 aliphatic heterocycles. The van der Waals surface area contributed by atoms with Crippen molar-refractivity contribution >= 4 is 16.9 Å². The van der Waals surface area contributed by atoms with Gasteiger partial charge in [-0.25, -0.2) is 4.79 Å². The number of ether oxygens (including phenoxy) is 3. The highest BCUT2D eigenvalue weighted by Gasteiger charge is 2.18. The summed E-state index contributed by atoms with van der Waals surface area (Å²) in [6, 6.07) is 3.28. The van der Waals surface area contributed by atoms with Crippen LogP contribution in [0.5, 0.6) is 11.5 Å². The molecule has 0 saturated carbocycles. The van der Waals surface area contributed by atoms with Gasteiger partial charge in [0.25, 0.3) is 0 Å². The van der Waals surface area contributed by atoms with Crippen molar-refractivity contribution in [2.75, 3.05) is 21.3 Å². The number of hydrogen-bond acceptors (Lipinski definition) is 5. The first-order valence-corrected chi connectivity index (χ1v) is 5.48. The lowest BCUT2D eigenvalue weighted by Gasteiger charge is -2.10. The summed E-state index contributed by atoms with van der Waals surface area (Å²) in [4.78, 5) is 26.7. The third-order valence-corrected chi connectivity index (χ3v) is 2.81.